The predicted molar refractivity (Wildman–Crippen MR) is 93.2 cm³/mol. The number of anilines is 2. The topological polar surface area (TPSA) is 60.7 Å². The Kier molecular flexibility index (Phi) is 4.52. The van der Waals surface area contributed by atoms with E-state index >= 15 is 0 Å². The van der Waals surface area contributed by atoms with Crippen LogP contribution in [-0.2, 0) is 0 Å². The molecule has 3 aromatic rings. The SMILES string of the molecule is COc1cc(OC)cc(-c2cc(Nc3ccccc3)cc(=O)o2)c1. The number of para-hydroxylation sites is 1. The monoisotopic (exact) mass is 323 g/mol. The largest absolute Gasteiger partial charge is 0.497 e. The van der Waals surface area contributed by atoms with Gasteiger partial charge in [0.1, 0.15) is 17.3 Å². The minimum Gasteiger partial charge on any atom is -0.497 e. The molecule has 0 aliphatic heterocycles. The first-order valence-electron chi connectivity index (χ1n) is 7.38. The van der Waals surface area contributed by atoms with E-state index in [-0.39, 0.29) is 0 Å². The standard InChI is InChI=1S/C19H17NO4/c1-22-16-8-13(9-17(12-16)23-2)18-10-15(11-19(21)24-18)20-14-6-4-3-5-7-14/h3-12,20H,1-2H3. The Bertz CT molecular complexity index is 865. The van der Waals surface area contributed by atoms with Crippen molar-refractivity contribution >= 4 is 11.4 Å². The van der Waals surface area contributed by atoms with Crippen molar-refractivity contribution in [3.8, 4) is 22.8 Å². The molecule has 1 aromatic heterocycles. The lowest BCUT2D eigenvalue weighted by Gasteiger charge is -2.10. The minimum atomic E-state index is -0.437. The summed E-state index contributed by atoms with van der Waals surface area (Å²) in [6, 6.07) is 18.1. The van der Waals surface area contributed by atoms with Gasteiger partial charge in [0.05, 0.1) is 14.2 Å². The Balaban J connectivity index is 2.01. The Morgan fingerprint density at radius 3 is 2.12 bits per heavy atom. The fraction of sp³-hybridized carbons (Fsp3) is 0.105. The van der Waals surface area contributed by atoms with Crippen molar-refractivity contribution in [1.82, 2.24) is 0 Å². The Hall–Kier alpha value is -3.21. The summed E-state index contributed by atoms with van der Waals surface area (Å²) in [5, 5.41) is 3.19. The highest BCUT2D eigenvalue weighted by molar-refractivity contribution is 5.68. The second-order valence-corrected chi connectivity index (χ2v) is 5.12. The molecule has 5 nitrogen and oxygen atoms in total. The summed E-state index contributed by atoms with van der Waals surface area (Å²) in [5.74, 6) is 1.67. The molecular weight excluding hydrogens is 306 g/mol. The first kappa shape index (κ1) is 15.7. The number of nitrogens with one attached hydrogen (secondary N) is 1. The van der Waals surface area contributed by atoms with E-state index in [9.17, 15) is 4.79 Å². The smallest absolute Gasteiger partial charge is 0.338 e. The molecule has 5 heteroatoms. The van der Waals surface area contributed by atoms with Crippen molar-refractivity contribution in [3.05, 3.63) is 71.1 Å². The molecule has 1 heterocycles. The van der Waals surface area contributed by atoms with Crippen molar-refractivity contribution in [1.29, 1.82) is 0 Å². The van der Waals surface area contributed by atoms with Crippen LogP contribution in [0.3, 0.4) is 0 Å². The Labute approximate surface area is 139 Å². The second-order valence-electron chi connectivity index (χ2n) is 5.12. The van der Waals surface area contributed by atoms with Crippen molar-refractivity contribution in [2.45, 2.75) is 0 Å². The molecule has 122 valence electrons. The molecule has 0 spiro atoms. The average molecular weight is 323 g/mol. The van der Waals surface area contributed by atoms with Gasteiger partial charge in [-0.05, 0) is 24.3 Å². The van der Waals surface area contributed by atoms with Gasteiger partial charge in [-0.3, -0.25) is 0 Å². The van der Waals surface area contributed by atoms with Crippen LogP contribution < -0.4 is 20.4 Å². The van der Waals surface area contributed by atoms with Gasteiger partial charge < -0.3 is 19.2 Å². The van der Waals surface area contributed by atoms with Gasteiger partial charge in [0, 0.05) is 35.1 Å². The molecule has 0 aliphatic rings. The van der Waals surface area contributed by atoms with E-state index in [4.69, 9.17) is 13.9 Å². The van der Waals surface area contributed by atoms with E-state index in [1.165, 1.54) is 6.07 Å². The number of hydrogen-bond donors (Lipinski definition) is 1. The predicted octanol–water partition coefficient (Wildman–Crippen LogP) is 4.07. The third-order valence-corrected chi connectivity index (χ3v) is 3.47. The lowest BCUT2D eigenvalue weighted by atomic mass is 10.1. The van der Waals surface area contributed by atoms with Gasteiger partial charge in [0.2, 0.25) is 0 Å². The molecule has 2 aromatic carbocycles. The summed E-state index contributed by atoms with van der Waals surface area (Å²) in [6.45, 7) is 0. The Morgan fingerprint density at radius 2 is 1.50 bits per heavy atom. The van der Waals surface area contributed by atoms with Gasteiger partial charge in [0.15, 0.2) is 0 Å². The van der Waals surface area contributed by atoms with Crippen LogP contribution >= 0.6 is 0 Å². The van der Waals surface area contributed by atoms with Crippen molar-refractivity contribution in [3.63, 3.8) is 0 Å². The molecule has 1 N–H and O–H groups in total. The molecule has 0 radical (unpaired) electrons. The molecule has 0 saturated heterocycles. The van der Waals surface area contributed by atoms with Crippen LogP contribution in [0.4, 0.5) is 11.4 Å². The van der Waals surface area contributed by atoms with E-state index < -0.39 is 5.63 Å². The van der Waals surface area contributed by atoms with E-state index in [2.05, 4.69) is 5.32 Å². The summed E-state index contributed by atoms with van der Waals surface area (Å²) in [7, 11) is 3.14. The van der Waals surface area contributed by atoms with Crippen LogP contribution in [-0.4, -0.2) is 14.2 Å². The van der Waals surface area contributed by atoms with E-state index in [1.54, 1.807) is 38.5 Å². The maximum absolute atomic E-state index is 11.9. The van der Waals surface area contributed by atoms with E-state index in [0.717, 1.165) is 5.69 Å². The van der Waals surface area contributed by atoms with Crippen molar-refractivity contribution in [2.24, 2.45) is 0 Å². The number of methoxy groups -OCH3 is 2. The number of rotatable bonds is 5. The third-order valence-electron chi connectivity index (χ3n) is 3.47. The quantitative estimate of drug-likeness (QED) is 0.767. The zero-order chi connectivity index (χ0) is 16.9. The lowest BCUT2D eigenvalue weighted by molar-refractivity contribution is 0.394. The molecule has 0 aliphatic carbocycles. The van der Waals surface area contributed by atoms with Crippen LogP contribution in [0, 0.1) is 0 Å². The molecular formula is C19H17NO4. The number of benzene rings is 2. The minimum absolute atomic E-state index is 0.429. The summed E-state index contributed by atoms with van der Waals surface area (Å²) in [5.41, 5.74) is 1.79. The molecule has 0 fully saturated rings. The second kappa shape index (κ2) is 6.91. The van der Waals surface area contributed by atoms with Gasteiger partial charge in [-0.1, -0.05) is 18.2 Å². The molecule has 24 heavy (non-hydrogen) atoms. The zero-order valence-electron chi connectivity index (χ0n) is 13.4. The van der Waals surface area contributed by atoms with Crippen LogP contribution in [0.5, 0.6) is 11.5 Å². The van der Waals surface area contributed by atoms with E-state index in [1.807, 2.05) is 30.3 Å². The van der Waals surface area contributed by atoms with Gasteiger partial charge in [-0.15, -0.1) is 0 Å². The van der Waals surface area contributed by atoms with Gasteiger partial charge in [0.25, 0.3) is 0 Å². The van der Waals surface area contributed by atoms with E-state index in [0.29, 0.717) is 28.5 Å². The zero-order valence-corrected chi connectivity index (χ0v) is 13.4. The van der Waals surface area contributed by atoms with Crippen molar-refractivity contribution < 1.29 is 13.9 Å². The summed E-state index contributed by atoms with van der Waals surface area (Å²) >= 11 is 0. The molecule has 0 unspecified atom stereocenters. The first-order chi connectivity index (χ1) is 11.7. The highest BCUT2D eigenvalue weighted by Gasteiger charge is 2.09. The summed E-state index contributed by atoms with van der Waals surface area (Å²) in [4.78, 5) is 11.9. The van der Waals surface area contributed by atoms with Gasteiger partial charge >= 0.3 is 5.63 Å². The first-order valence-corrected chi connectivity index (χ1v) is 7.38. The maximum atomic E-state index is 11.9. The normalized spacial score (nSPS) is 10.2. The highest BCUT2D eigenvalue weighted by atomic mass is 16.5. The van der Waals surface area contributed by atoms with Gasteiger partial charge in [-0.2, -0.15) is 0 Å². The molecule has 0 atom stereocenters. The van der Waals surface area contributed by atoms with Gasteiger partial charge in [-0.25, -0.2) is 4.79 Å². The Morgan fingerprint density at radius 1 is 0.833 bits per heavy atom. The number of hydrogen-bond acceptors (Lipinski definition) is 5. The summed E-state index contributed by atoms with van der Waals surface area (Å²) in [6.07, 6.45) is 0. The van der Waals surface area contributed by atoms with Crippen molar-refractivity contribution in [2.75, 3.05) is 19.5 Å². The highest BCUT2D eigenvalue weighted by Crippen LogP contribution is 2.30. The number of ether oxygens (including phenoxy) is 2. The van der Waals surface area contributed by atoms with Crippen LogP contribution in [0.25, 0.3) is 11.3 Å². The van der Waals surface area contributed by atoms with Crippen LogP contribution in [0.15, 0.2) is 69.9 Å². The lowest BCUT2D eigenvalue weighted by Crippen LogP contribution is -2.01. The molecule has 0 bridgehead atoms. The molecule has 3 rings (SSSR count). The fourth-order valence-corrected chi connectivity index (χ4v) is 2.33. The summed E-state index contributed by atoms with van der Waals surface area (Å²) < 4.78 is 15.9. The third kappa shape index (κ3) is 3.57. The fourth-order valence-electron chi connectivity index (χ4n) is 2.33. The molecule has 0 saturated carbocycles. The van der Waals surface area contributed by atoms with Crippen LogP contribution in [0.2, 0.25) is 0 Å². The average Bonchev–Trinajstić information content (AvgIpc) is 2.61. The maximum Gasteiger partial charge on any atom is 0.338 e. The van der Waals surface area contributed by atoms with Crippen LogP contribution in [0.1, 0.15) is 0 Å². The molecule has 0 amide bonds.